The Labute approximate surface area is 165 Å². The first kappa shape index (κ1) is 13.7. The van der Waals surface area contributed by atoms with Crippen LogP contribution in [0.15, 0.2) is 44.2 Å². The fourth-order valence-electron chi connectivity index (χ4n) is 6.32. The van der Waals surface area contributed by atoms with Crippen LogP contribution in [0, 0.1) is 0 Å². The summed E-state index contributed by atoms with van der Waals surface area (Å²) in [6.45, 7) is 0. The van der Waals surface area contributed by atoms with Crippen molar-refractivity contribution in [2.45, 2.75) is 44.4 Å². The van der Waals surface area contributed by atoms with E-state index in [0.717, 1.165) is 85.2 Å². The SMILES string of the molecule is c1ccc2c3n4c(c2c1)N=C1CCC2=[N+]1C41N4C(=N2)CCC4=NC2=[N+]1C(=N3)CC2. The standard InChI is InChI=1S/C21H16N8/c1-2-4-12-11(3-1)19-24-17-9-7-15-22-13-5-6-14-23-16-8-10-18-25-20(12)29(19)21(26(13)14,27(15)17)28(16)18/h1-4H,5-10H2/q+2. The molecule has 0 saturated carbocycles. The normalized spacial score (nSPS) is 25.9. The lowest BCUT2D eigenvalue weighted by molar-refractivity contribution is -0.804. The van der Waals surface area contributed by atoms with Crippen LogP contribution in [0.3, 0.4) is 0 Å². The van der Waals surface area contributed by atoms with Gasteiger partial charge in [0.2, 0.25) is 35.0 Å². The molecule has 0 amide bonds. The summed E-state index contributed by atoms with van der Waals surface area (Å²) in [6.07, 6.45) is 5.64. The number of benzene rings is 1. The highest BCUT2D eigenvalue weighted by atomic mass is 15.7. The Kier molecular flexibility index (Phi) is 1.88. The summed E-state index contributed by atoms with van der Waals surface area (Å²) < 4.78 is 7.16. The summed E-state index contributed by atoms with van der Waals surface area (Å²) in [5.41, 5.74) is 0. The summed E-state index contributed by atoms with van der Waals surface area (Å²) in [4.78, 5) is 22.9. The summed E-state index contributed by atoms with van der Waals surface area (Å²) in [5, 5.41) is 2.36. The fourth-order valence-corrected chi connectivity index (χ4v) is 6.32. The van der Waals surface area contributed by atoms with E-state index < -0.39 is 5.91 Å². The number of amidine groups is 6. The topological polar surface area (TPSA) is 63.6 Å². The highest BCUT2D eigenvalue weighted by molar-refractivity contribution is 6.18. The van der Waals surface area contributed by atoms with Gasteiger partial charge < -0.3 is 0 Å². The van der Waals surface area contributed by atoms with Gasteiger partial charge in [0.05, 0.1) is 0 Å². The molecule has 1 spiro atoms. The third kappa shape index (κ3) is 1.19. The maximum atomic E-state index is 5.18. The van der Waals surface area contributed by atoms with E-state index in [0.29, 0.717) is 0 Å². The maximum absolute atomic E-state index is 5.18. The van der Waals surface area contributed by atoms with E-state index in [4.69, 9.17) is 20.0 Å². The predicted octanol–water partition coefficient (Wildman–Crippen LogP) is 2.63. The predicted molar refractivity (Wildman–Crippen MR) is 109 cm³/mol. The molecular formula is C21H16N8+2. The van der Waals surface area contributed by atoms with Crippen molar-refractivity contribution < 1.29 is 9.15 Å². The highest BCUT2D eigenvalue weighted by Crippen LogP contribution is 2.54. The minimum absolute atomic E-state index is 0.555. The molecule has 7 aliphatic rings. The zero-order valence-electron chi connectivity index (χ0n) is 15.6. The van der Waals surface area contributed by atoms with Crippen LogP contribution in [0.25, 0.3) is 10.8 Å². The number of aromatic nitrogens is 1. The smallest absolute Gasteiger partial charge is 0.200 e. The monoisotopic (exact) mass is 380 g/mol. The lowest BCUT2D eigenvalue weighted by Gasteiger charge is -2.45. The minimum Gasteiger partial charge on any atom is -0.200 e. The van der Waals surface area contributed by atoms with Gasteiger partial charge in [-0.15, -0.1) is 0 Å². The van der Waals surface area contributed by atoms with Gasteiger partial charge in [-0.3, -0.25) is 0 Å². The Balaban J connectivity index is 1.59. The largest absolute Gasteiger partial charge is 0.403 e. The van der Waals surface area contributed by atoms with E-state index in [9.17, 15) is 0 Å². The van der Waals surface area contributed by atoms with Gasteiger partial charge in [0.15, 0.2) is 11.7 Å². The highest BCUT2D eigenvalue weighted by Gasteiger charge is 2.72. The van der Waals surface area contributed by atoms with Gasteiger partial charge in [-0.05, 0) is 12.1 Å². The first-order chi connectivity index (χ1) is 14.4. The summed E-state index contributed by atoms with van der Waals surface area (Å²) >= 11 is 0. The second-order valence-corrected chi connectivity index (χ2v) is 8.58. The van der Waals surface area contributed by atoms with E-state index in [1.165, 1.54) is 10.8 Å². The average Bonchev–Trinajstić information content (AvgIpc) is 3.51. The van der Waals surface area contributed by atoms with E-state index in [1.54, 1.807) is 0 Å². The van der Waals surface area contributed by atoms with Crippen molar-refractivity contribution in [3.63, 3.8) is 0 Å². The molecule has 1 aromatic heterocycles. The lowest BCUT2D eigenvalue weighted by Crippen LogP contribution is -2.72. The average molecular weight is 380 g/mol. The third-order valence-electron chi connectivity index (χ3n) is 7.28. The molecule has 1 fully saturated rings. The number of hydrogen-bond donors (Lipinski definition) is 0. The number of rotatable bonds is 0. The Hall–Kier alpha value is -3.42. The summed E-state index contributed by atoms with van der Waals surface area (Å²) in [5.74, 6) is 8.27. The summed E-state index contributed by atoms with van der Waals surface area (Å²) in [7, 11) is 0. The zero-order valence-corrected chi connectivity index (χ0v) is 15.6. The number of aliphatic imine (C=N–C) groups is 4. The molecule has 8 heterocycles. The van der Waals surface area contributed by atoms with Crippen molar-refractivity contribution in [3.8, 4) is 0 Å². The Bertz CT molecular complexity index is 1350. The maximum Gasteiger partial charge on any atom is 0.403 e. The van der Waals surface area contributed by atoms with Crippen LogP contribution < -0.4 is 0 Å². The molecule has 0 unspecified atom stereocenters. The van der Waals surface area contributed by atoms with E-state index in [2.05, 4.69) is 42.9 Å². The molecule has 8 heteroatoms. The Morgan fingerprint density at radius 3 is 1.79 bits per heavy atom. The van der Waals surface area contributed by atoms with Crippen LogP contribution in [0.2, 0.25) is 0 Å². The molecule has 0 atom stereocenters. The van der Waals surface area contributed by atoms with E-state index in [-0.39, 0.29) is 0 Å². The fraction of sp³-hybridized carbons (Fsp3) is 0.333. The van der Waals surface area contributed by atoms with Gasteiger partial charge in [0.25, 0.3) is 0 Å². The molecule has 0 N–H and O–H groups in total. The van der Waals surface area contributed by atoms with E-state index >= 15 is 0 Å². The molecule has 7 aliphatic heterocycles. The Morgan fingerprint density at radius 1 is 0.690 bits per heavy atom. The van der Waals surface area contributed by atoms with Gasteiger partial charge in [-0.1, -0.05) is 32.1 Å². The quantitative estimate of drug-likeness (QED) is 0.648. The van der Waals surface area contributed by atoms with Crippen molar-refractivity contribution in [2.75, 3.05) is 0 Å². The van der Waals surface area contributed by atoms with Crippen LogP contribution in [-0.2, 0) is 5.91 Å². The molecule has 29 heavy (non-hydrogen) atoms. The number of nitrogens with zero attached hydrogens (tertiary/aromatic N) is 8. The van der Waals surface area contributed by atoms with E-state index in [1.807, 2.05) is 0 Å². The van der Waals surface area contributed by atoms with Gasteiger partial charge >= 0.3 is 5.91 Å². The van der Waals surface area contributed by atoms with Gasteiger partial charge in [0, 0.05) is 49.3 Å². The first-order valence-electron chi connectivity index (χ1n) is 10.4. The minimum atomic E-state index is -0.555. The van der Waals surface area contributed by atoms with Crippen LogP contribution in [-0.4, -0.2) is 53.6 Å². The zero-order chi connectivity index (χ0) is 18.5. The summed E-state index contributed by atoms with van der Waals surface area (Å²) in [6, 6.07) is 8.57. The molecule has 9 rings (SSSR count). The molecule has 1 aromatic carbocycles. The van der Waals surface area contributed by atoms with Crippen molar-refractivity contribution in [2.24, 2.45) is 20.0 Å². The second kappa shape index (κ2) is 3.98. The molecule has 0 aliphatic carbocycles. The molecule has 1 saturated heterocycles. The molecule has 138 valence electrons. The van der Waals surface area contributed by atoms with Crippen LogP contribution >= 0.6 is 0 Å². The molecule has 0 bridgehead atoms. The molecule has 8 nitrogen and oxygen atoms in total. The van der Waals surface area contributed by atoms with Gasteiger partial charge in [-0.25, -0.2) is 4.90 Å². The Morgan fingerprint density at radius 2 is 1.24 bits per heavy atom. The van der Waals surface area contributed by atoms with Crippen LogP contribution in [0.5, 0.6) is 0 Å². The molecule has 2 aromatic rings. The van der Waals surface area contributed by atoms with Gasteiger partial charge in [-0.2, -0.15) is 13.7 Å². The van der Waals surface area contributed by atoms with Gasteiger partial charge in [0.1, 0.15) is 0 Å². The van der Waals surface area contributed by atoms with Crippen LogP contribution in [0.1, 0.15) is 38.5 Å². The third-order valence-corrected chi connectivity index (χ3v) is 7.28. The lowest BCUT2D eigenvalue weighted by atomic mass is 10.2. The molecular weight excluding hydrogens is 364 g/mol. The van der Waals surface area contributed by atoms with Crippen LogP contribution in [0.4, 0.5) is 11.6 Å². The second-order valence-electron chi connectivity index (χ2n) is 8.58. The van der Waals surface area contributed by atoms with Crippen molar-refractivity contribution in [3.05, 3.63) is 24.3 Å². The van der Waals surface area contributed by atoms with Crippen molar-refractivity contribution in [1.82, 2.24) is 9.47 Å². The van der Waals surface area contributed by atoms with Crippen molar-refractivity contribution >= 4 is 57.4 Å². The number of fused-ring (bicyclic) bond motifs is 3. The first-order valence-corrected chi connectivity index (χ1v) is 10.4. The molecule has 0 radical (unpaired) electrons. The number of hydrogen-bond acceptors (Lipinski definition) is 5. The van der Waals surface area contributed by atoms with Crippen molar-refractivity contribution in [1.29, 1.82) is 0 Å².